The quantitative estimate of drug-likeness (QED) is 0.251. The van der Waals surface area contributed by atoms with Crippen LogP contribution in [0.1, 0.15) is 27.3 Å². The first-order valence-electron chi connectivity index (χ1n) is 13.8. The van der Waals surface area contributed by atoms with Gasteiger partial charge in [-0.3, -0.25) is 14.2 Å². The van der Waals surface area contributed by atoms with E-state index < -0.39 is 21.7 Å². The predicted molar refractivity (Wildman–Crippen MR) is 164 cm³/mol. The van der Waals surface area contributed by atoms with Crippen LogP contribution in [0, 0.1) is 19.7 Å². The van der Waals surface area contributed by atoms with Crippen LogP contribution in [0.2, 0.25) is 0 Å². The van der Waals surface area contributed by atoms with Crippen molar-refractivity contribution in [2.45, 2.75) is 30.4 Å². The Morgan fingerprint density at radius 2 is 1.68 bits per heavy atom. The van der Waals surface area contributed by atoms with Crippen LogP contribution in [0.4, 0.5) is 10.1 Å². The number of hydrogen-bond donors (Lipinski definition) is 2. The minimum absolute atomic E-state index is 0.0203. The SMILES string of the molecule is Cc1cccc(-n2c(CNC(=O)c3ccc(S(=O)(=O)N4CCOCC4)cc3)nnc2SCC(=O)Nc2ccc(F)cc2)c1C. The van der Waals surface area contributed by atoms with E-state index in [1.807, 2.05) is 32.0 Å². The summed E-state index contributed by atoms with van der Waals surface area (Å²) in [7, 11) is -3.68. The summed E-state index contributed by atoms with van der Waals surface area (Å²) in [5.74, 6) is -0.644. The lowest BCUT2D eigenvalue weighted by atomic mass is 10.1. The van der Waals surface area contributed by atoms with Gasteiger partial charge < -0.3 is 15.4 Å². The number of ether oxygens (including phenoxy) is 1. The van der Waals surface area contributed by atoms with Crippen molar-refractivity contribution in [1.82, 2.24) is 24.4 Å². The first-order chi connectivity index (χ1) is 21.1. The first kappa shape index (κ1) is 31.3. The number of nitrogens with one attached hydrogen (secondary N) is 2. The molecule has 230 valence electrons. The van der Waals surface area contributed by atoms with E-state index in [9.17, 15) is 22.4 Å². The number of thioether (sulfide) groups is 1. The molecule has 0 spiro atoms. The second-order valence-corrected chi connectivity index (χ2v) is 12.9. The van der Waals surface area contributed by atoms with Crippen LogP contribution in [0.3, 0.4) is 0 Å². The molecule has 5 rings (SSSR count). The maximum Gasteiger partial charge on any atom is 0.251 e. The third-order valence-electron chi connectivity index (χ3n) is 7.11. The summed E-state index contributed by atoms with van der Waals surface area (Å²) in [6.45, 7) is 5.22. The number of hydrogen-bond acceptors (Lipinski definition) is 8. The topological polar surface area (TPSA) is 136 Å². The zero-order valence-corrected chi connectivity index (χ0v) is 25.8. The summed E-state index contributed by atoms with van der Waals surface area (Å²) in [6, 6.07) is 17.1. The monoisotopic (exact) mass is 638 g/mol. The van der Waals surface area contributed by atoms with Crippen LogP contribution >= 0.6 is 11.8 Å². The summed E-state index contributed by atoms with van der Waals surface area (Å²) in [5.41, 5.74) is 3.59. The van der Waals surface area contributed by atoms with E-state index in [2.05, 4.69) is 20.8 Å². The van der Waals surface area contributed by atoms with Gasteiger partial charge in [0.25, 0.3) is 5.91 Å². The number of nitrogens with zero attached hydrogens (tertiary/aromatic N) is 4. The molecule has 2 heterocycles. The molecule has 4 aromatic rings. The number of aryl methyl sites for hydroxylation is 1. The van der Waals surface area contributed by atoms with Crippen molar-refractivity contribution in [2.24, 2.45) is 0 Å². The Morgan fingerprint density at radius 1 is 0.977 bits per heavy atom. The molecule has 0 unspecified atom stereocenters. The highest BCUT2D eigenvalue weighted by Crippen LogP contribution is 2.26. The molecule has 1 aromatic heterocycles. The summed E-state index contributed by atoms with van der Waals surface area (Å²) in [4.78, 5) is 25.8. The molecule has 0 saturated carbocycles. The van der Waals surface area contributed by atoms with Crippen LogP contribution < -0.4 is 10.6 Å². The van der Waals surface area contributed by atoms with Gasteiger partial charge in [0.1, 0.15) is 5.82 Å². The largest absolute Gasteiger partial charge is 0.379 e. The van der Waals surface area contributed by atoms with Crippen molar-refractivity contribution in [1.29, 1.82) is 0 Å². The fourth-order valence-electron chi connectivity index (χ4n) is 4.56. The molecule has 1 aliphatic rings. The molecule has 0 radical (unpaired) electrons. The summed E-state index contributed by atoms with van der Waals surface area (Å²) in [6.07, 6.45) is 0. The Hall–Kier alpha value is -4.11. The van der Waals surface area contributed by atoms with E-state index >= 15 is 0 Å². The Labute approximate surface area is 258 Å². The number of rotatable bonds is 10. The number of sulfonamides is 1. The predicted octanol–water partition coefficient (Wildman–Crippen LogP) is 3.70. The number of carbonyl (C=O) groups is 2. The van der Waals surface area contributed by atoms with Crippen molar-refractivity contribution in [3.8, 4) is 5.69 Å². The molecule has 1 aliphatic heterocycles. The van der Waals surface area contributed by atoms with E-state index in [4.69, 9.17) is 4.74 Å². The lowest BCUT2D eigenvalue weighted by Gasteiger charge is -2.26. The molecule has 2 amide bonds. The Balaban J connectivity index is 1.30. The maximum absolute atomic E-state index is 13.2. The number of halogens is 1. The van der Waals surface area contributed by atoms with Gasteiger partial charge in [0, 0.05) is 24.3 Å². The van der Waals surface area contributed by atoms with Crippen LogP contribution in [0.25, 0.3) is 5.69 Å². The molecule has 11 nitrogen and oxygen atoms in total. The molecular formula is C30H31FN6O5S2. The molecule has 0 atom stereocenters. The highest BCUT2D eigenvalue weighted by molar-refractivity contribution is 7.99. The molecule has 0 aliphatic carbocycles. The average Bonchev–Trinajstić information content (AvgIpc) is 3.44. The average molecular weight is 639 g/mol. The van der Waals surface area contributed by atoms with Gasteiger partial charge in [0.05, 0.1) is 36.1 Å². The van der Waals surface area contributed by atoms with E-state index in [1.165, 1.54) is 64.6 Å². The van der Waals surface area contributed by atoms with Gasteiger partial charge in [-0.25, -0.2) is 12.8 Å². The van der Waals surface area contributed by atoms with Gasteiger partial charge in [0.2, 0.25) is 15.9 Å². The molecule has 0 bridgehead atoms. The van der Waals surface area contributed by atoms with Gasteiger partial charge in [-0.1, -0.05) is 23.9 Å². The highest BCUT2D eigenvalue weighted by Gasteiger charge is 2.26. The third-order valence-corrected chi connectivity index (χ3v) is 9.95. The van der Waals surface area contributed by atoms with E-state index in [1.54, 1.807) is 4.57 Å². The normalized spacial score (nSPS) is 13.9. The van der Waals surface area contributed by atoms with Gasteiger partial charge in [-0.05, 0) is 79.6 Å². The lowest BCUT2D eigenvalue weighted by molar-refractivity contribution is -0.113. The summed E-state index contributed by atoms with van der Waals surface area (Å²) >= 11 is 1.18. The number of morpholine rings is 1. The van der Waals surface area contributed by atoms with Crippen molar-refractivity contribution in [2.75, 3.05) is 37.4 Å². The zero-order chi connectivity index (χ0) is 31.3. The number of amides is 2. The second kappa shape index (κ2) is 13.7. The standard InChI is InChI=1S/C30H31FN6O5S2/c1-20-4-3-5-26(21(20)2)37-27(34-35-30(37)43-19-28(38)33-24-10-8-23(31)9-11-24)18-32-29(39)22-6-12-25(13-7-22)44(40,41)36-14-16-42-17-15-36/h3-13H,14-19H2,1-2H3,(H,32,39)(H,33,38). The molecule has 44 heavy (non-hydrogen) atoms. The Kier molecular flexibility index (Phi) is 9.74. The van der Waals surface area contributed by atoms with Gasteiger partial charge in [-0.2, -0.15) is 4.31 Å². The van der Waals surface area contributed by atoms with Crippen molar-refractivity contribution in [3.63, 3.8) is 0 Å². The lowest BCUT2D eigenvalue weighted by Crippen LogP contribution is -2.40. The highest BCUT2D eigenvalue weighted by atomic mass is 32.2. The van der Waals surface area contributed by atoms with Crippen LogP contribution in [-0.4, -0.2) is 71.4 Å². The molecule has 2 N–H and O–H groups in total. The Bertz CT molecular complexity index is 1760. The zero-order valence-electron chi connectivity index (χ0n) is 24.1. The molecule has 1 saturated heterocycles. The smallest absolute Gasteiger partial charge is 0.251 e. The second-order valence-electron chi connectivity index (χ2n) is 10.0. The van der Waals surface area contributed by atoms with E-state index in [0.717, 1.165) is 16.8 Å². The fraction of sp³-hybridized carbons (Fsp3) is 0.267. The number of anilines is 1. The maximum atomic E-state index is 13.2. The number of aromatic nitrogens is 3. The molecule has 1 fully saturated rings. The van der Waals surface area contributed by atoms with Crippen LogP contribution in [0.15, 0.2) is 76.8 Å². The molecule has 14 heteroatoms. The van der Waals surface area contributed by atoms with Gasteiger partial charge in [-0.15, -0.1) is 10.2 Å². The Morgan fingerprint density at radius 3 is 2.39 bits per heavy atom. The van der Waals surface area contributed by atoms with Crippen molar-refractivity contribution < 1.29 is 27.1 Å². The van der Waals surface area contributed by atoms with Crippen LogP contribution in [0.5, 0.6) is 0 Å². The van der Waals surface area contributed by atoms with Gasteiger partial charge >= 0.3 is 0 Å². The van der Waals surface area contributed by atoms with E-state index in [0.29, 0.717) is 29.9 Å². The summed E-state index contributed by atoms with van der Waals surface area (Å²) < 4.78 is 47.5. The van der Waals surface area contributed by atoms with Crippen molar-refractivity contribution >= 4 is 39.3 Å². The third kappa shape index (κ3) is 7.16. The van der Waals surface area contributed by atoms with Crippen molar-refractivity contribution in [3.05, 3.63) is 95.1 Å². The number of benzene rings is 3. The van der Waals surface area contributed by atoms with Gasteiger partial charge in [0.15, 0.2) is 11.0 Å². The number of carbonyl (C=O) groups excluding carboxylic acids is 2. The summed E-state index contributed by atoms with van der Waals surface area (Å²) in [5, 5.41) is 14.6. The molecule has 3 aromatic carbocycles. The van der Waals surface area contributed by atoms with E-state index in [-0.39, 0.29) is 41.8 Å². The molecular weight excluding hydrogens is 607 g/mol. The minimum atomic E-state index is -3.68. The first-order valence-corrected chi connectivity index (χ1v) is 16.2. The minimum Gasteiger partial charge on any atom is -0.379 e. The fourth-order valence-corrected chi connectivity index (χ4v) is 6.74. The van der Waals surface area contributed by atoms with Crippen LogP contribution in [-0.2, 0) is 26.1 Å².